The predicted octanol–water partition coefficient (Wildman–Crippen LogP) is 4.21. The third-order valence-electron chi connectivity index (χ3n) is 5.52. The fraction of sp³-hybridized carbons (Fsp3) is 0.478. The van der Waals surface area contributed by atoms with E-state index in [-0.39, 0.29) is 0 Å². The second-order valence-electron chi connectivity index (χ2n) is 8.05. The van der Waals surface area contributed by atoms with Crippen LogP contribution in [0.1, 0.15) is 47.3 Å². The molecule has 0 aromatic heterocycles. The Morgan fingerprint density at radius 1 is 1.00 bits per heavy atom. The van der Waals surface area contributed by atoms with Crippen LogP contribution in [0.25, 0.3) is 0 Å². The molecule has 1 saturated heterocycles. The molecule has 2 aromatic carbocycles. The van der Waals surface area contributed by atoms with Crippen molar-refractivity contribution < 1.29 is 17.3 Å². The third-order valence-corrected chi connectivity index (χ3v) is 7.06. The van der Waals surface area contributed by atoms with Crippen molar-refractivity contribution in [1.82, 2.24) is 4.90 Å². The summed E-state index contributed by atoms with van der Waals surface area (Å²) in [5.74, 6) is 0.683. The van der Waals surface area contributed by atoms with Gasteiger partial charge in [-0.1, -0.05) is 44.2 Å². The Bertz CT molecular complexity index is 934. The Kier molecular flexibility index (Phi) is 6.98. The zero-order valence-corrected chi connectivity index (χ0v) is 18.5. The van der Waals surface area contributed by atoms with Gasteiger partial charge in [0.15, 0.2) is 0 Å². The van der Waals surface area contributed by atoms with Gasteiger partial charge in [-0.2, -0.15) is 8.42 Å². The molecule has 158 valence electrons. The number of benzene rings is 2. The molecule has 5 nitrogen and oxygen atoms in total. The first-order chi connectivity index (χ1) is 13.8. The van der Waals surface area contributed by atoms with Crippen LogP contribution in [0.2, 0.25) is 0 Å². The van der Waals surface area contributed by atoms with E-state index in [1.54, 1.807) is 12.1 Å². The zero-order chi connectivity index (χ0) is 21.0. The largest absolute Gasteiger partial charge is 0.382 e. The van der Waals surface area contributed by atoms with Gasteiger partial charge in [0.05, 0.1) is 13.2 Å². The molecule has 29 heavy (non-hydrogen) atoms. The first kappa shape index (κ1) is 21.8. The van der Waals surface area contributed by atoms with Crippen LogP contribution in [0.5, 0.6) is 5.75 Å². The molecule has 1 aliphatic rings. The summed E-state index contributed by atoms with van der Waals surface area (Å²) in [4.78, 5) is 2.14. The molecule has 2 aromatic rings. The van der Waals surface area contributed by atoms with E-state index in [0.717, 1.165) is 35.3 Å². The number of rotatable bonds is 7. The van der Waals surface area contributed by atoms with Gasteiger partial charge in [0.1, 0.15) is 11.0 Å². The van der Waals surface area contributed by atoms with Crippen LogP contribution >= 0.6 is 0 Å². The summed E-state index contributed by atoms with van der Waals surface area (Å²) < 4.78 is 37.8. The molecule has 0 radical (unpaired) electrons. The summed E-state index contributed by atoms with van der Waals surface area (Å²) in [7, 11) is -3.88. The van der Waals surface area contributed by atoms with Gasteiger partial charge in [0.2, 0.25) is 0 Å². The van der Waals surface area contributed by atoms with E-state index in [4.69, 9.17) is 8.92 Å². The van der Waals surface area contributed by atoms with Gasteiger partial charge in [0.25, 0.3) is 0 Å². The minimum absolute atomic E-state index is 0.322. The van der Waals surface area contributed by atoms with Gasteiger partial charge in [-0.25, -0.2) is 0 Å². The summed E-state index contributed by atoms with van der Waals surface area (Å²) in [6.07, 6.45) is 0. The minimum Gasteiger partial charge on any atom is -0.382 e. The smallest absolute Gasteiger partial charge is 0.317 e. The summed E-state index contributed by atoms with van der Waals surface area (Å²) in [6.45, 7) is 11.2. The number of morpholine rings is 1. The molecule has 1 heterocycles. The average molecular weight is 418 g/mol. The van der Waals surface area contributed by atoms with Crippen LogP contribution < -0.4 is 4.18 Å². The van der Waals surface area contributed by atoms with E-state index in [9.17, 15) is 8.42 Å². The molecular formula is C23H31NO4S. The number of aryl methyl sites for hydroxylation is 2. The maximum atomic E-state index is 13.4. The fourth-order valence-electron chi connectivity index (χ4n) is 3.46. The lowest BCUT2D eigenvalue weighted by atomic mass is 9.99. The van der Waals surface area contributed by atoms with Crippen LogP contribution in [0.15, 0.2) is 42.5 Å². The molecular weight excluding hydrogens is 386 g/mol. The van der Waals surface area contributed by atoms with Crippen LogP contribution in [0, 0.1) is 13.8 Å². The van der Waals surface area contributed by atoms with Crippen molar-refractivity contribution in [2.45, 2.75) is 38.9 Å². The average Bonchev–Trinajstić information content (AvgIpc) is 2.69. The van der Waals surface area contributed by atoms with Gasteiger partial charge in [-0.05, 0) is 54.2 Å². The molecule has 6 heteroatoms. The highest BCUT2D eigenvalue weighted by Crippen LogP contribution is 2.30. The highest BCUT2D eigenvalue weighted by Gasteiger charge is 2.32. The van der Waals surface area contributed by atoms with E-state index >= 15 is 0 Å². The maximum absolute atomic E-state index is 13.4. The predicted molar refractivity (Wildman–Crippen MR) is 116 cm³/mol. The summed E-state index contributed by atoms with van der Waals surface area (Å²) in [5.41, 5.74) is 4.00. The Morgan fingerprint density at radius 2 is 1.69 bits per heavy atom. The SMILES string of the molecule is Cc1ccc(OS(=O)(=O)C(CN2CCOCC2)c2cccc(C(C)C)c2)cc1C. The molecule has 1 fully saturated rings. The summed E-state index contributed by atoms with van der Waals surface area (Å²) in [6, 6.07) is 13.2. The van der Waals surface area contributed by atoms with Crippen LogP contribution in [-0.2, 0) is 14.9 Å². The number of nitrogens with zero attached hydrogens (tertiary/aromatic N) is 1. The summed E-state index contributed by atoms with van der Waals surface area (Å²) in [5, 5.41) is -0.763. The molecule has 0 amide bonds. The maximum Gasteiger partial charge on any atom is 0.317 e. The van der Waals surface area contributed by atoms with Crippen LogP contribution in [0.4, 0.5) is 0 Å². The molecule has 0 aliphatic carbocycles. The fourth-order valence-corrected chi connectivity index (χ4v) is 4.82. The van der Waals surface area contributed by atoms with Crippen molar-refractivity contribution in [3.05, 3.63) is 64.7 Å². The van der Waals surface area contributed by atoms with Gasteiger partial charge in [-0.3, -0.25) is 4.90 Å². The first-order valence-corrected chi connectivity index (χ1v) is 11.6. The lowest BCUT2D eigenvalue weighted by Crippen LogP contribution is -2.41. The van der Waals surface area contributed by atoms with Gasteiger partial charge < -0.3 is 8.92 Å². The Labute approximate surface area is 174 Å². The third kappa shape index (κ3) is 5.59. The molecule has 1 aliphatic heterocycles. The molecule has 0 saturated carbocycles. The van der Waals surface area contributed by atoms with E-state index in [1.165, 1.54) is 0 Å². The van der Waals surface area contributed by atoms with E-state index in [0.29, 0.717) is 31.4 Å². The number of ether oxygens (including phenoxy) is 1. The topological polar surface area (TPSA) is 55.8 Å². The van der Waals surface area contributed by atoms with Gasteiger partial charge >= 0.3 is 10.1 Å². The molecule has 1 atom stereocenters. The van der Waals surface area contributed by atoms with Crippen molar-refractivity contribution in [3.63, 3.8) is 0 Å². The minimum atomic E-state index is -3.88. The molecule has 0 N–H and O–H groups in total. The van der Waals surface area contributed by atoms with Crippen molar-refractivity contribution in [2.24, 2.45) is 0 Å². The highest BCUT2D eigenvalue weighted by molar-refractivity contribution is 7.87. The Balaban J connectivity index is 1.93. The van der Waals surface area contributed by atoms with E-state index < -0.39 is 15.4 Å². The second-order valence-corrected chi connectivity index (χ2v) is 9.77. The number of hydrogen-bond donors (Lipinski definition) is 0. The normalized spacial score (nSPS) is 16.7. The molecule has 3 rings (SSSR count). The van der Waals surface area contributed by atoms with Crippen LogP contribution in [0.3, 0.4) is 0 Å². The number of hydrogen-bond acceptors (Lipinski definition) is 5. The standard InChI is InChI=1S/C23H31NO4S/c1-17(2)20-6-5-7-21(15-20)23(16-24-10-12-27-13-11-24)29(25,26)28-22-9-8-18(3)19(4)14-22/h5-9,14-15,17,23H,10-13,16H2,1-4H3. The van der Waals surface area contributed by atoms with E-state index in [1.807, 2.05) is 44.2 Å². The Hall–Kier alpha value is -1.89. The molecule has 0 spiro atoms. The van der Waals surface area contributed by atoms with Gasteiger partial charge in [0, 0.05) is 19.6 Å². The second kappa shape index (κ2) is 9.28. The van der Waals surface area contributed by atoms with Crippen molar-refractivity contribution in [3.8, 4) is 5.75 Å². The van der Waals surface area contributed by atoms with Crippen molar-refractivity contribution in [2.75, 3.05) is 32.8 Å². The summed E-state index contributed by atoms with van der Waals surface area (Å²) >= 11 is 0. The monoisotopic (exact) mass is 417 g/mol. The first-order valence-electron chi connectivity index (χ1n) is 10.2. The lowest BCUT2D eigenvalue weighted by Gasteiger charge is -2.30. The highest BCUT2D eigenvalue weighted by atomic mass is 32.2. The van der Waals surface area contributed by atoms with Crippen molar-refractivity contribution >= 4 is 10.1 Å². The molecule has 0 bridgehead atoms. The van der Waals surface area contributed by atoms with E-state index in [2.05, 4.69) is 18.7 Å². The van der Waals surface area contributed by atoms with Crippen LogP contribution in [-0.4, -0.2) is 46.2 Å². The van der Waals surface area contributed by atoms with Crippen molar-refractivity contribution in [1.29, 1.82) is 0 Å². The zero-order valence-electron chi connectivity index (χ0n) is 17.7. The van der Waals surface area contributed by atoms with Gasteiger partial charge in [-0.15, -0.1) is 0 Å². The molecule has 1 unspecified atom stereocenters. The lowest BCUT2D eigenvalue weighted by molar-refractivity contribution is 0.0375. The Morgan fingerprint density at radius 3 is 2.34 bits per heavy atom. The quantitative estimate of drug-likeness (QED) is 0.632.